The molecule has 3 amide bonds. The van der Waals surface area contributed by atoms with E-state index in [0.717, 1.165) is 25.7 Å². The number of carbonyl (C=O) groups excluding carboxylic acids is 2. The zero-order valence-corrected chi connectivity index (χ0v) is 13.8. The summed E-state index contributed by atoms with van der Waals surface area (Å²) >= 11 is 0. The van der Waals surface area contributed by atoms with Crippen molar-refractivity contribution in [1.29, 1.82) is 0 Å². The summed E-state index contributed by atoms with van der Waals surface area (Å²) in [6.45, 7) is 0.529. The number of amides is 3. The van der Waals surface area contributed by atoms with Crippen molar-refractivity contribution < 1.29 is 18.4 Å². The van der Waals surface area contributed by atoms with Gasteiger partial charge in [-0.25, -0.2) is 13.6 Å². The fraction of sp³-hybridized carbons (Fsp3) is 0.556. The molecule has 1 saturated heterocycles. The summed E-state index contributed by atoms with van der Waals surface area (Å²) in [5, 5.41) is 8.47. The molecule has 0 unspecified atom stereocenters. The highest BCUT2D eigenvalue weighted by atomic mass is 19.1. The number of rotatable bonds is 4. The van der Waals surface area contributed by atoms with Gasteiger partial charge in [-0.15, -0.1) is 0 Å². The average Bonchev–Trinajstić information content (AvgIpc) is 3.29. The first-order valence-electron chi connectivity index (χ1n) is 8.76. The van der Waals surface area contributed by atoms with E-state index < -0.39 is 28.6 Å². The first-order valence-corrected chi connectivity index (χ1v) is 8.76. The van der Waals surface area contributed by atoms with E-state index in [4.69, 9.17) is 0 Å². The van der Waals surface area contributed by atoms with Gasteiger partial charge in [-0.05, 0) is 50.7 Å². The Morgan fingerprint density at radius 2 is 1.72 bits per heavy atom. The van der Waals surface area contributed by atoms with Crippen LogP contribution in [0.3, 0.4) is 0 Å². The maximum absolute atomic E-state index is 14.1. The minimum absolute atomic E-state index is 0.184. The Hall–Kier alpha value is -2.02. The number of nitrogens with one attached hydrogen (secondary N) is 3. The van der Waals surface area contributed by atoms with E-state index in [-0.39, 0.29) is 17.5 Å². The van der Waals surface area contributed by atoms with Gasteiger partial charge in [0.1, 0.15) is 17.2 Å². The fourth-order valence-corrected chi connectivity index (χ4v) is 4.21. The van der Waals surface area contributed by atoms with Crippen molar-refractivity contribution in [2.45, 2.75) is 55.5 Å². The molecular formula is C18H21F2N3O2. The van der Waals surface area contributed by atoms with Crippen LogP contribution < -0.4 is 16.0 Å². The van der Waals surface area contributed by atoms with Crippen molar-refractivity contribution in [1.82, 2.24) is 16.0 Å². The highest BCUT2D eigenvalue weighted by molar-refractivity contribution is 6.07. The standard InChI is InChI=1S/C18H21F2N3O2/c19-12-2-1-3-13(20)14(12)17(8-9-17)10-21-11-4-6-18(7-5-11)15(24)22-16(25)23-18/h1-3,11,21H,4-10H2,(H2,22,23,24,25). The summed E-state index contributed by atoms with van der Waals surface area (Å²) in [5.74, 6) is -1.21. The van der Waals surface area contributed by atoms with Crippen LogP contribution in [-0.4, -0.2) is 30.1 Å². The van der Waals surface area contributed by atoms with Gasteiger partial charge < -0.3 is 10.6 Å². The molecule has 0 bridgehead atoms. The first kappa shape index (κ1) is 16.4. The van der Waals surface area contributed by atoms with Crippen LogP contribution in [0.5, 0.6) is 0 Å². The molecule has 1 spiro atoms. The van der Waals surface area contributed by atoms with E-state index in [1.165, 1.54) is 18.2 Å². The van der Waals surface area contributed by atoms with Gasteiger partial charge in [-0.1, -0.05) is 6.07 Å². The molecule has 4 rings (SSSR count). The van der Waals surface area contributed by atoms with Gasteiger partial charge in [-0.2, -0.15) is 0 Å². The molecule has 7 heteroatoms. The lowest BCUT2D eigenvalue weighted by Gasteiger charge is -2.35. The lowest BCUT2D eigenvalue weighted by Crippen LogP contribution is -2.52. The van der Waals surface area contributed by atoms with Crippen molar-refractivity contribution >= 4 is 11.9 Å². The highest BCUT2D eigenvalue weighted by Gasteiger charge is 2.50. The molecule has 134 valence electrons. The molecule has 1 aromatic carbocycles. The number of hydrogen-bond donors (Lipinski definition) is 3. The number of benzene rings is 1. The Kier molecular flexibility index (Phi) is 3.79. The summed E-state index contributed by atoms with van der Waals surface area (Å²) < 4.78 is 28.2. The molecule has 2 saturated carbocycles. The topological polar surface area (TPSA) is 70.2 Å². The van der Waals surface area contributed by atoms with E-state index in [9.17, 15) is 18.4 Å². The Morgan fingerprint density at radius 1 is 1.08 bits per heavy atom. The summed E-state index contributed by atoms with van der Waals surface area (Å²) in [5.41, 5.74) is -1.04. The van der Waals surface area contributed by atoms with Gasteiger partial charge in [0.25, 0.3) is 5.91 Å². The lowest BCUT2D eigenvalue weighted by atomic mass is 9.79. The summed E-state index contributed by atoms with van der Waals surface area (Å²) in [7, 11) is 0. The average molecular weight is 349 g/mol. The summed E-state index contributed by atoms with van der Waals surface area (Å²) in [6.07, 6.45) is 4.17. The van der Waals surface area contributed by atoms with Crippen molar-refractivity contribution in [3.63, 3.8) is 0 Å². The smallest absolute Gasteiger partial charge is 0.322 e. The van der Waals surface area contributed by atoms with E-state index in [2.05, 4.69) is 16.0 Å². The van der Waals surface area contributed by atoms with Gasteiger partial charge in [0.05, 0.1) is 0 Å². The van der Waals surface area contributed by atoms with Gasteiger partial charge >= 0.3 is 6.03 Å². The Labute approximate surface area is 144 Å². The lowest BCUT2D eigenvalue weighted by molar-refractivity contribution is -0.125. The van der Waals surface area contributed by atoms with Crippen LogP contribution in [0.15, 0.2) is 18.2 Å². The third-order valence-electron chi connectivity index (χ3n) is 5.93. The zero-order chi connectivity index (χ0) is 17.7. The molecule has 3 fully saturated rings. The van der Waals surface area contributed by atoms with Crippen LogP contribution in [0.25, 0.3) is 0 Å². The molecule has 5 nitrogen and oxygen atoms in total. The monoisotopic (exact) mass is 349 g/mol. The first-order chi connectivity index (χ1) is 11.9. The maximum atomic E-state index is 14.1. The molecule has 0 aromatic heterocycles. The molecule has 1 aliphatic heterocycles. The van der Waals surface area contributed by atoms with Crippen molar-refractivity contribution in [2.75, 3.05) is 6.54 Å². The molecule has 3 N–H and O–H groups in total. The Morgan fingerprint density at radius 3 is 2.24 bits per heavy atom. The Bertz CT molecular complexity index is 705. The second-order valence-corrected chi connectivity index (χ2v) is 7.52. The van der Waals surface area contributed by atoms with Gasteiger partial charge in [0.2, 0.25) is 0 Å². The SMILES string of the molecule is O=C1NC(=O)C2(CCC(NCC3(c4c(F)cccc4F)CC3)CC2)N1. The fourth-order valence-electron chi connectivity index (χ4n) is 4.21. The molecule has 3 aliphatic rings. The molecule has 0 radical (unpaired) electrons. The number of halogens is 2. The number of imide groups is 1. The van der Waals surface area contributed by atoms with Crippen LogP contribution in [-0.2, 0) is 10.2 Å². The number of urea groups is 1. The van der Waals surface area contributed by atoms with Crippen LogP contribution in [0.2, 0.25) is 0 Å². The van der Waals surface area contributed by atoms with Gasteiger partial charge in [-0.3, -0.25) is 10.1 Å². The van der Waals surface area contributed by atoms with Crippen molar-refractivity contribution in [2.24, 2.45) is 0 Å². The number of carbonyl (C=O) groups is 2. The highest BCUT2D eigenvalue weighted by Crippen LogP contribution is 2.49. The van der Waals surface area contributed by atoms with Crippen molar-refractivity contribution in [3.8, 4) is 0 Å². The van der Waals surface area contributed by atoms with E-state index >= 15 is 0 Å². The maximum Gasteiger partial charge on any atom is 0.322 e. The third kappa shape index (κ3) is 2.80. The van der Waals surface area contributed by atoms with Crippen LogP contribution in [0, 0.1) is 11.6 Å². The predicted octanol–water partition coefficient (Wildman–Crippen LogP) is 2.11. The van der Waals surface area contributed by atoms with Crippen molar-refractivity contribution in [3.05, 3.63) is 35.4 Å². The zero-order valence-electron chi connectivity index (χ0n) is 13.8. The quantitative estimate of drug-likeness (QED) is 0.729. The van der Waals surface area contributed by atoms with Crippen LogP contribution >= 0.6 is 0 Å². The van der Waals surface area contributed by atoms with Gasteiger partial charge in [0.15, 0.2) is 0 Å². The summed E-state index contributed by atoms with van der Waals surface area (Å²) in [6, 6.07) is 3.76. The summed E-state index contributed by atoms with van der Waals surface area (Å²) in [4.78, 5) is 23.3. The molecule has 0 atom stereocenters. The van der Waals surface area contributed by atoms with E-state index in [1.54, 1.807) is 0 Å². The predicted molar refractivity (Wildman–Crippen MR) is 86.9 cm³/mol. The van der Waals surface area contributed by atoms with Gasteiger partial charge in [0, 0.05) is 23.6 Å². The minimum atomic E-state index is -0.774. The largest absolute Gasteiger partial charge is 0.323 e. The van der Waals surface area contributed by atoms with Crippen LogP contribution in [0.4, 0.5) is 13.6 Å². The molecule has 1 heterocycles. The number of hydrogen-bond acceptors (Lipinski definition) is 3. The van der Waals surface area contributed by atoms with E-state index in [1.807, 2.05) is 0 Å². The van der Waals surface area contributed by atoms with Crippen LogP contribution in [0.1, 0.15) is 44.1 Å². The minimum Gasteiger partial charge on any atom is -0.323 e. The van der Waals surface area contributed by atoms with E-state index in [0.29, 0.717) is 19.4 Å². The second-order valence-electron chi connectivity index (χ2n) is 7.52. The molecule has 1 aromatic rings. The third-order valence-corrected chi connectivity index (χ3v) is 5.93. The normalized spacial score (nSPS) is 30.2. The molecule has 25 heavy (non-hydrogen) atoms. The second kappa shape index (κ2) is 5.76. The Balaban J connectivity index is 1.37. The molecular weight excluding hydrogens is 328 g/mol. The molecule has 2 aliphatic carbocycles.